The van der Waals surface area contributed by atoms with Gasteiger partial charge < -0.3 is 10.1 Å². The van der Waals surface area contributed by atoms with Crippen LogP contribution in [0.4, 0.5) is 5.13 Å². The van der Waals surface area contributed by atoms with Crippen LogP contribution < -0.4 is 10.1 Å². The highest BCUT2D eigenvalue weighted by Crippen LogP contribution is 2.25. The summed E-state index contributed by atoms with van der Waals surface area (Å²) in [6, 6.07) is 6.08. The molecule has 23 heavy (non-hydrogen) atoms. The number of aromatic nitrogens is 2. The predicted molar refractivity (Wildman–Crippen MR) is 95.6 cm³/mol. The molecule has 1 amide bonds. The lowest BCUT2D eigenvalue weighted by atomic mass is 10.1. The molecular formula is C16H21N3O2S2. The standard InChI is InChI=1S/C16H21N3O2S2/c1-4-22-16-19-18-15(23-16)17-14(20)6-5-9-21-13-8-7-11(2)10-12(13)3/h7-8,10H,4-6,9H2,1-3H3,(H,17,18,20). The quantitative estimate of drug-likeness (QED) is 0.441. The summed E-state index contributed by atoms with van der Waals surface area (Å²) < 4.78 is 6.60. The molecule has 1 aromatic heterocycles. The van der Waals surface area contributed by atoms with Crippen molar-refractivity contribution in [3.05, 3.63) is 29.3 Å². The van der Waals surface area contributed by atoms with E-state index in [2.05, 4.69) is 35.4 Å². The molecule has 0 aliphatic heterocycles. The lowest BCUT2D eigenvalue weighted by molar-refractivity contribution is -0.116. The van der Waals surface area contributed by atoms with Crippen molar-refractivity contribution in [1.29, 1.82) is 0 Å². The van der Waals surface area contributed by atoms with E-state index < -0.39 is 0 Å². The Bertz CT molecular complexity index is 659. The molecule has 0 aliphatic carbocycles. The summed E-state index contributed by atoms with van der Waals surface area (Å²) >= 11 is 3.02. The van der Waals surface area contributed by atoms with Crippen LogP contribution >= 0.6 is 23.1 Å². The van der Waals surface area contributed by atoms with Crippen LogP contribution in [0.5, 0.6) is 5.75 Å². The molecule has 0 spiro atoms. The third kappa shape index (κ3) is 5.84. The van der Waals surface area contributed by atoms with Gasteiger partial charge in [0.05, 0.1) is 6.61 Å². The van der Waals surface area contributed by atoms with Crippen LogP contribution in [0, 0.1) is 13.8 Å². The second-order valence-electron chi connectivity index (χ2n) is 5.08. The number of amides is 1. The van der Waals surface area contributed by atoms with Crippen LogP contribution in [-0.2, 0) is 4.79 Å². The van der Waals surface area contributed by atoms with Crippen molar-refractivity contribution in [2.75, 3.05) is 17.7 Å². The van der Waals surface area contributed by atoms with Crippen LogP contribution in [0.1, 0.15) is 30.9 Å². The Hall–Kier alpha value is -1.60. The van der Waals surface area contributed by atoms with Gasteiger partial charge in [-0.15, -0.1) is 10.2 Å². The maximum absolute atomic E-state index is 11.9. The number of nitrogens with one attached hydrogen (secondary N) is 1. The Morgan fingerprint density at radius 2 is 2.17 bits per heavy atom. The SMILES string of the molecule is CCSc1nnc(NC(=O)CCCOc2ccc(C)cc2C)s1. The minimum Gasteiger partial charge on any atom is -0.493 e. The summed E-state index contributed by atoms with van der Waals surface area (Å²) in [7, 11) is 0. The molecule has 2 rings (SSSR count). The predicted octanol–water partition coefficient (Wildman–Crippen LogP) is 4.06. The molecule has 124 valence electrons. The van der Waals surface area contributed by atoms with Crippen LogP contribution in [0.25, 0.3) is 0 Å². The first kappa shape index (κ1) is 17.7. The van der Waals surface area contributed by atoms with E-state index in [1.807, 2.05) is 19.1 Å². The van der Waals surface area contributed by atoms with Crippen LogP contribution in [0.2, 0.25) is 0 Å². The van der Waals surface area contributed by atoms with Gasteiger partial charge in [0.1, 0.15) is 5.75 Å². The maximum Gasteiger partial charge on any atom is 0.226 e. The number of ether oxygens (including phenoxy) is 1. The number of anilines is 1. The summed E-state index contributed by atoms with van der Waals surface area (Å²) in [5.74, 6) is 1.76. The van der Waals surface area contributed by atoms with Crippen molar-refractivity contribution in [2.45, 2.75) is 38.0 Å². The molecule has 0 bridgehead atoms. The van der Waals surface area contributed by atoms with E-state index >= 15 is 0 Å². The fourth-order valence-corrected chi connectivity index (χ4v) is 3.67. The Balaban J connectivity index is 1.70. The van der Waals surface area contributed by atoms with Gasteiger partial charge in [0.2, 0.25) is 11.0 Å². The molecule has 0 fully saturated rings. The van der Waals surface area contributed by atoms with E-state index in [1.54, 1.807) is 11.8 Å². The van der Waals surface area contributed by atoms with Crippen molar-refractivity contribution in [1.82, 2.24) is 10.2 Å². The largest absolute Gasteiger partial charge is 0.493 e. The lowest BCUT2D eigenvalue weighted by Gasteiger charge is -2.09. The third-order valence-electron chi connectivity index (χ3n) is 3.06. The Kier molecular flexibility index (Phi) is 6.85. The van der Waals surface area contributed by atoms with Gasteiger partial charge in [-0.25, -0.2) is 0 Å². The van der Waals surface area contributed by atoms with Gasteiger partial charge in [-0.05, 0) is 37.7 Å². The number of aryl methyl sites for hydroxylation is 2. The van der Waals surface area contributed by atoms with E-state index in [4.69, 9.17) is 4.74 Å². The highest BCUT2D eigenvalue weighted by Gasteiger charge is 2.08. The second kappa shape index (κ2) is 8.88. The van der Waals surface area contributed by atoms with Crippen LogP contribution in [-0.4, -0.2) is 28.5 Å². The summed E-state index contributed by atoms with van der Waals surface area (Å²) in [6.07, 6.45) is 1.06. The van der Waals surface area contributed by atoms with Gasteiger partial charge in [0, 0.05) is 6.42 Å². The van der Waals surface area contributed by atoms with Crippen molar-refractivity contribution >= 4 is 34.1 Å². The number of hydrogen-bond acceptors (Lipinski definition) is 6. The number of benzene rings is 1. The van der Waals surface area contributed by atoms with Gasteiger partial charge in [-0.2, -0.15) is 0 Å². The highest BCUT2D eigenvalue weighted by atomic mass is 32.2. The normalized spacial score (nSPS) is 10.6. The summed E-state index contributed by atoms with van der Waals surface area (Å²) in [6.45, 7) is 6.65. The van der Waals surface area contributed by atoms with Gasteiger partial charge in [-0.3, -0.25) is 4.79 Å². The fraction of sp³-hybridized carbons (Fsp3) is 0.438. The van der Waals surface area contributed by atoms with E-state index in [-0.39, 0.29) is 5.91 Å². The van der Waals surface area contributed by atoms with E-state index in [0.717, 1.165) is 21.4 Å². The maximum atomic E-state index is 11.9. The minimum absolute atomic E-state index is 0.0570. The molecule has 0 saturated carbocycles. The molecule has 5 nitrogen and oxygen atoms in total. The molecule has 0 unspecified atom stereocenters. The van der Waals surface area contributed by atoms with Crippen LogP contribution in [0.15, 0.2) is 22.5 Å². The van der Waals surface area contributed by atoms with Gasteiger partial charge in [-0.1, -0.05) is 47.7 Å². The first-order chi connectivity index (χ1) is 11.1. The molecule has 0 atom stereocenters. The Labute approximate surface area is 144 Å². The molecule has 0 saturated heterocycles. The molecule has 0 radical (unpaired) electrons. The zero-order chi connectivity index (χ0) is 16.7. The molecule has 1 aromatic carbocycles. The average molecular weight is 351 g/mol. The Morgan fingerprint density at radius 3 is 2.91 bits per heavy atom. The van der Waals surface area contributed by atoms with Crippen molar-refractivity contribution in [2.24, 2.45) is 0 Å². The van der Waals surface area contributed by atoms with Crippen molar-refractivity contribution < 1.29 is 9.53 Å². The zero-order valence-electron chi connectivity index (χ0n) is 13.6. The van der Waals surface area contributed by atoms with E-state index in [9.17, 15) is 4.79 Å². The monoisotopic (exact) mass is 351 g/mol. The first-order valence-corrected chi connectivity index (χ1v) is 9.35. The van der Waals surface area contributed by atoms with Crippen LogP contribution in [0.3, 0.4) is 0 Å². The lowest BCUT2D eigenvalue weighted by Crippen LogP contribution is -2.12. The van der Waals surface area contributed by atoms with E-state index in [1.165, 1.54) is 16.9 Å². The van der Waals surface area contributed by atoms with E-state index in [0.29, 0.717) is 24.6 Å². The molecule has 0 aliphatic rings. The molecule has 2 aromatic rings. The number of carbonyl (C=O) groups is 1. The third-order valence-corrected chi connectivity index (χ3v) is 4.91. The zero-order valence-corrected chi connectivity index (χ0v) is 15.2. The first-order valence-electron chi connectivity index (χ1n) is 7.54. The highest BCUT2D eigenvalue weighted by molar-refractivity contribution is 8.01. The number of hydrogen-bond donors (Lipinski definition) is 1. The fourth-order valence-electron chi connectivity index (χ4n) is 2.00. The molecule has 1 heterocycles. The Morgan fingerprint density at radius 1 is 1.35 bits per heavy atom. The minimum atomic E-state index is -0.0570. The summed E-state index contributed by atoms with van der Waals surface area (Å²) in [5.41, 5.74) is 2.33. The number of nitrogens with zero attached hydrogens (tertiary/aromatic N) is 2. The topological polar surface area (TPSA) is 64.1 Å². The number of thioether (sulfide) groups is 1. The summed E-state index contributed by atoms with van der Waals surface area (Å²) in [4.78, 5) is 11.9. The molecule has 1 N–H and O–H groups in total. The number of carbonyl (C=O) groups excluding carboxylic acids is 1. The second-order valence-corrected chi connectivity index (χ2v) is 7.56. The van der Waals surface area contributed by atoms with Crippen molar-refractivity contribution in [3.63, 3.8) is 0 Å². The average Bonchev–Trinajstić information content (AvgIpc) is 2.93. The smallest absolute Gasteiger partial charge is 0.226 e. The molecule has 7 heteroatoms. The number of rotatable bonds is 8. The van der Waals surface area contributed by atoms with Gasteiger partial charge in [0.25, 0.3) is 0 Å². The molecular weight excluding hydrogens is 330 g/mol. The summed E-state index contributed by atoms with van der Waals surface area (Å²) in [5, 5.41) is 11.3. The van der Waals surface area contributed by atoms with Gasteiger partial charge >= 0.3 is 0 Å². The van der Waals surface area contributed by atoms with Crippen molar-refractivity contribution in [3.8, 4) is 5.75 Å². The van der Waals surface area contributed by atoms with Gasteiger partial charge in [0.15, 0.2) is 4.34 Å².